The van der Waals surface area contributed by atoms with Crippen LogP contribution in [0.15, 0.2) is 36.7 Å². The molecule has 3 rings (SSSR count). The minimum atomic E-state index is -0.192. The second-order valence-electron chi connectivity index (χ2n) is 6.36. The van der Waals surface area contributed by atoms with Gasteiger partial charge < -0.3 is 15.2 Å². The van der Waals surface area contributed by atoms with Gasteiger partial charge in [0.15, 0.2) is 0 Å². The number of pyridine rings is 2. The van der Waals surface area contributed by atoms with E-state index in [1.807, 2.05) is 19.1 Å². The number of amides is 1. The summed E-state index contributed by atoms with van der Waals surface area (Å²) in [4.78, 5) is 20.6. The number of nitrogens with one attached hydrogen (secondary N) is 1. The Hall–Kier alpha value is -2.47. The second kappa shape index (κ2) is 8.07. The molecule has 6 nitrogen and oxygen atoms in total. The maximum atomic E-state index is 12.3. The molecule has 0 radical (unpaired) electrons. The van der Waals surface area contributed by atoms with Crippen LogP contribution in [0.1, 0.15) is 47.4 Å². The first-order valence-corrected chi connectivity index (χ1v) is 8.60. The third-order valence-electron chi connectivity index (χ3n) is 4.50. The van der Waals surface area contributed by atoms with Gasteiger partial charge in [-0.05, 0) is 62.4 Å². The number of carbonyl (C=O) groups is 1. The van der Waals surface area contributed by atoms with E-state index in [1.165, 1.54) is 0 Å². The molecule has 2 aromatic rings. The number of carbonyl (C=O) groups excluding carboxylic acids is 1. The van der Waals surface area contributed by atoms with Crippen LogP contribution in [0.3, 0.4) is 0 Å². The van der Waals surface area contributed by atoms with Crippen LogP contribution in [-0.4, -0.2) is 33.1 Å². The van der Waals surface area contributed by atoms with Gasteiger partial charge in [0.25, 0.3) is 5.91 Å². The molecule has 0 saturated heterocycles. The van der Waals surface area contributed by atoms with Gasteiger partial charge in [-0.2, -0.15) is 0 Å². The Bertz CT molecular complexity index is 727. The highest BCUT2D eigenvalue weighted by atomic mass is 16.5. The number of aliphatic hydroxyl groups excluding tert-OH is 1. The quantitative estimate of drug-likeness (QED) is 0.872. The van der Waals surface area contributed by atoms with E-state index in [0.717, 1.165) is 37.1 Å². The number of hydrogen-bond acceptors (Lipinski definition) is 5. The van der Waals surface area contributed by atoms with Gasteiger partial charge in [0.05, 0.1) is 18.4 Å². The summed E-state index contributed by atoms with van der Waals surface area (Å²) in [7, 11) is 0. The van der Waals surface area contributed by atoms with Crippen molar-refractivity contribution in [1.29, 1.82) is 0 Å². The van der Waals surface area contributed by atoms with Gasteiger partial charge in [0.1, 0.15) is 11.4 Å². The smallest absolute Gasteiger partial charge is 0.270 e. The van der Waals surface area contributed by atoms with Crippen LogP contribution >= 0.6 is 0 Å². The number of aryl methyl sites for hydroxylation is 1. The Morgan fingerprint density at radius 3 is 2.76 bits per heavy atom. The molecule has 0 unspecified atom stereocenters. The SMILES string of the molecule is Cc1ncccc1OC1CCC(NC(=O)c2cc(CO)ccn2)CC1. The van der Waals surface area contributed by atoms with E-state index in [9.17, 15) is 4.79 Å². The molecule has 2 N–H and O–H groups in total. The number of aliphatic hydroxyl groups is 1. The summed E-state index contributed by atoms with van der Waals surface area (Å²) in [5.41, 5.74) is 1.92. The largest absolute Gasteiger partial charge is 0.489 e. The number of hydrogen-bond donors (Lipinski definition) is 2. The van der Waals surface area contributed by atoms with Crippen LogP contribution in [0.5, 0.6) is 5.75 Å². The van der Waals surface area contributed by atoms with Gasteiger partial charge >= 0.3 is 0 Å². The van der Waals surface area contributed by atoms with Crippen molar-refractivity contribution in [3.8, 4) is 5.75 Å². The van der Waals surface area contributed by atoms with Crippen LogP contribution in [0.2, 0.25) is 0 Å². The van der Waals surface area contributed by atoms with Crippen molar-refractivity contribution in [3.63, 3.8) is 0 Å². The highest BCUT2D eigenvalue weighted by Crippen LogP contribution is 2.25. The monoisotopic (exact) mass is 341 g/mol. The molecular weight excluding hydrogens is 318 g/mol. The van der Waals surface area contributed by atoms with Crippen molar-refractivity contribution >= 4 is 5.91 Å². The van der Waals surface area contributed by atoms with Gasteiger partial charge in [0, 0.05) is 18.4 Å². The number of aromatic nitrogens is 2. The average Bonchev–Trinajstić information content (AvgIpc) is 2.65. The normalized spacial score (nSPS) is 20.1. The van der Waals surface area contributed by atoms with Crippen LogP contribution in [0.4, 0.5) is 0 Å². The maximum Gasteiger partial charge on any atom is 0.270 e. The zero-order valence-electron chi connectivity index (χ0n) is 14.3. The van der Waals surface area contributed by atoms with E-state index in [2.05, 4.69) is 15.3 Å². The molecule has 0 spiro atoms. The predicted molar refractivity (Wildman–Crippen MR) is 93.3 cm³/mol. The summed E-state index contributed by atoms with van der Waals surface area (Å²) in [6.45, 7) is 1.84. The fourth-order valence-electron chi connectivity index (χ4n) is 3.05. The standard InChI is InChI=1S/C19H23N3O3/c1-13-18(3-2-9-20-13)25-16-6-4-15(5-7-16)22-19(24)17-11-14(12-23)8-10-21-17/h2-3,8-11,15-16,23H,4-7,12H2,1H3,(H,22,24). The summed E-state index contributed by atoms with van der Waals surface area (Å²) < 4.78 is 6.04. The molecule has 2 aromatic heterocycles. The zero-order chi connectivity index (χ0) is 17.6. The lowest BCUT2D eigenvalue weighted by molar-refractivity contribution is 0.0888. The van der Waals surface area contributed by atoms with Crippen LogP contribution in [-0.2, 0) is 6.61 Å². The van der Waals surface area contributed by atoms with Gasteiger partial charge in [-0.25, -0.2) is 0 Å². The molecule has 1 fully saturated rings. The van der Waals surface area contributed by atoms with Crippen LogP contribution in [0, 0.1) is 6.92 Å². The number of nitrogens with zero attached hydrogens (tertiary/aromatic N) is 2. The van der Waals surface area contributed by atoms with Gasteiger partial charge in [-0.1, -0.05) is 0 Å². The third-order valence-corrected chi connectivity index (χ3v) is 4.50. The lowest BCUT2D eigenvalue weighted by Gasteiger charge is -2.29. The first-order valence-electron chi connectivity index (χ1n) is 8.60. The average molecular weight is 341 g/mol. The minimum Gasteiger partial charge on any atom is -0.489 e. The molecule has 0 aromatic carbocycles. The molecule has 1 aliphatic rings. The highest BCUT2D eigenvalue weighted by Gasteiger charge is 2.24. The Kier molecular flexibility index (Phi) is 5.60. The Balaban J connectivity index is 1.50. The lowest BCUT2D eigenvalue weighted by atomic mass is 9.92. The van der Waals surface area contributed by atoms with Gasteiger partial charge in [0.2, 0.25) is 0 Å². The van der Waals surface area contributed by atoms with Crippen molar-refractivity contribution < 1.29 is 14.6 Å². The molecule has 0 aliphatic heterocycles. The van der Waals surface area contributed by atoms with E-state index >= 15 is 0 Å². The van der Waals surface area contributed by atoms with E-state index in [-0.39, 0.29) is 24.7 Å². The molecule has 2 heterocycles. The molecule has 6 heteroatoms. The molecule has 1 aliphatic carbocycles. The van der Waals surface area contributed by atoms with Gasteiger partial charge in [-0.15, -0.1) is 0 Å². The summed E-state index contributed by atoms with van der Waals surface area (Å²) >= 11 is 0. The van der Waals surface area contributed by atoms with E-state index in [1.54, 1.807) is 24.5 Å². The van der Waals surface area contributed by atoms with Crippen molar-refractivity contribution in [1.82, 2.24) is 15.3 Å². The summed E-state index contributed by atoms with van der Waals surface area (Å²) in [6.07, 6.45) is 6.99. The second-order valence-corrected chi connectivity index (χ2v) is 6.36. The van der Waals surface area contributed by atoms with Crippen molar-refractivity contribution in [3.05, 3.63) is 53.6 Å². The van der Waals surface area contributed by atoms with Crippen LogP contribution in [0.25, 0.3) is 0 Å². The Morgan fingerprint density at radius 1 is 1.24 bits per heavy atom. The molecule has 25 heavy (non-hydrogen) atoms. The number of rotatable bonds is 5. The minimum absolute atomic E-state index is 0.0982. The summed E-state index contributed by atoms with van der Waals surface area (Å²) in [5.74, 6) is 0.641. The van der Waals surface area contributed by atoms with Crippen molar-refractivity contribution in [2.45, 2.75) is 51.4 Å². The predicted octanol–water partition coefficient (Wildman–Crippen LogP) is 2.40. The Morgan fingerprint density at radius 2 is 2.04 bits per heavy atom. The molecule has 132 valence electrons. The van der Waals surface area contributed by atoms with E-state index in [4.69, 9.17) is 9.84 Å². The first kappa shape index (κ1) is 17.4. The Labute approximate surface area is 147 Å². The summed E-state index contributed by atoms with van der Waals surface area (Å²) in [5, 5.41) is 12.2. The first-order chi connectivity index (χ1) is 12.2. The molecule has 0 atom stereocenters. The third kappa shape index (κ3) is 4.54. The fraction of sp³-hybridized carbons (Fsp3) is 0.421. The molecule has 1 amide bonds. The topological polar surface area (TPSA) is 84.3 Å². The van der Waals surface area contributed by atoms with Crippen LogP contribution < -0.4 is 10.1 Å². The zero-order valence-corrected chi connectivity index (χ0v) is 14.3. The van der Waals surface area contributed by atoms with Gasteiger partial charge in [-0.3, -0.25) is 14.8 Å². The maximum absolute atomic E-state index is 12.3. The van der Waals surface area contributed by atoms with Crippen molar-refractivity contribution in [2.24, 2.45) is 0 Å². The van der Waals surface area contributed by atoms with E-state index < -0.39 is 0 Å². The molecule has 0 bridgehead atoms. The highest BCUT2D eigenvalue weighted by molar-refractivity contribution is 5.92. The molecular formula is C19H23N3O3. The molecule has 1 saturated carbocycles. The van der Waals surface area contributed by atoms with Crippen molar-refractivity contribution in [2.75, 3.05) is 0 Å². The number of ether oxygens (including phenoxy) is 1. The fourth-order valence-corrected chi connectivity index (χ4v) is 3.05. The summed E-state index contributed by atoms with van der Waals surface area (Å²) in [6, 6.07) is 7.26. The van der Waals surface area contributed by atoms with E-state index in [0.29, 0.717) is 11.3 Å². The lowest BCUT2D eigenvalue weighted by Crippen LogP contribution is -2.40.